The van der Waals surface area contributed by atoms with Gasteiger partial charge in [-0.05, 0) is 42.8 Å². The first-order valence-electron chi connectivity index (χ1n) is 13.6. The summed E-state index contributed by atoms with van der Waals surface area (Å²) in [5.74, 6) is 0.174. The summed E-state index contributed by atoms with van der Waals surface area (Å²) in [5, 5.41) is 16.2. The number of benzene rings is 3. The smallest absolute Gasteiger partial charge is 0.295 e. The minimum Gasteiger partial charge on any atom is -0.493 e. The van der Waals surface area contributed by atoms with Gasteiger partial charge in [-0.3, -0.25) is 24.0 Å². The summed E-state index contributed by atoms with van der Waals surface area (Å²) in [6.45, 7) is 1.37. The van der Waals surface area contributed by atoms with Gasteiger partial charge in [0.2, 0.25) is 5.95 Å². The summed E-state index contributed by atoms with van der Waals surface area (Å²) in [5.41, 5.74) is 4.49. The molecule has 0 saturated heterocycles. The summed E-state index contributed by atoms with van der Waals surface area (Å²) in [6.07, 6.45) is 1.47. The van der Waals surface area contributed by atoms with E-state index in [9.17, 15) is 19.6 Å². The molecule has 13 nitrogen and oxygen atoms in total. The molecule has 45 heavy (non-hydrogen) atoms. The number of hydrogen-bond acceptors (Lipinski definition) is 9. The van der Waals surface area contributed by atoms with Crippen molar-refractivity contribution in [2.45, 2.75) is 6.92 Å². The number of aromatic nitrogens is 4. The number of hydrogen-bond donors (Lipinski definition) is 3. The molecule has 0 bridgehead atoms. The minimum atomic E-state index is -0.597. The fraction of sp³-hybridized carbons (Fsp3) is 0.125. The maximum absolute atomic E-state index is 13.1. The van der Waals surface area contributed by atoms with E-state index in [1.807, 2.05) is 30.3 Å². The van der Waals surface area contributed by atoms with Crippen molar-refractivity contribution < 1.29 is 14.3 Å². The van der Waals surface area contributed by atoms with Crippen LogP contribution in [-0.2, 0) is 11.8 Å². The number of nitriles is 1. The highest BCUT2D eigenvalue weighted by Gasteiger charge is 2.19. The average molecular weight is 605 g/mol. The molecule has 0 aliphatic heterocycles. The van der Waals surface area contributed by atoms with Gasteiger partial charge in [0.1, 0.15) is 17.3 Å². The first-order valence-corrected chi connectivity index (χ1v) is 13.6. The molecule has 2 aromatic heterocycles. The Hall–Kier alpha value is -6.42. The quantitative estimate of drug-likeness (QED) is 0.161. The van der Waals surface area contributed by atoms with Crippen molar-refractivity contribution in [1.29, 1.82) is 5.26 Å². The van der Waals surface area contributed by atoms with Gasteiger partial charge in [0.25, 0.3) is 17.0 Å². The van der Waals surface area contributed by atoms with E-state index in [1.54, 1.807) is 73.3 Å². The predicted octanol–water partition coefficient (Wildman–Crippen LogP) is 3.58. The standard InChI is InChI=1S/C32H28N8O5/c1-20-28(31(43)40(39(20)2)23-12-8-5-9-13-23)35-27(41)19-45-25-15-14-21(16-26(25)44-3)18-34-38-32-36-29(22-10-6-4-7-11-22)24(17-33)30(42)37-32/h4-16,18H,19H2,1-3H3,(H,35,41)(H2,36,37,38,42). The second-order valence-electron chi connectivity index (χ2n) is 9.67. The molecule has 0 fully saturated rings. The Labute approximate surface area is 257 Å². The maximum Gasteiger partial charge on any atom is 0.295 e. The van der Waals surface area contributed by atoms with E-state index in [0.717, 1.165) is 0 Å². The summed E-state index contributed by atoms with van der Waals surface area (Å²) >= 11 is 0. The molecule has 13 heteroatoms. The van der Waals surface area contributed by atoms with E-state index in [2.05, 4.69) is 25.8 Å². The Morgan fingerprint density at radius 3 is 2.47 bits per heavy atom. The molecule has 0 saturated carbocycles. The lowest BCUT2D eigenvalue weighted by Crippen LogP contribution is -2.25. The van der Waals surface area contributed by atoms with Gasteiger partial charge >= 0.3 is 0 Å². The van der Waals surface area contributed by atoms with Crippen LogP contribution in [0.4, 0.5) is 11.6 Å². The number of nitrogens with one attached hydrogen (secondary N) is 3. The third kappa shape index (κ3) is 6.50. The van der Waals surface area contributed by atoms with Crippen molar-refractivity contribution in [1.82, 2.24) is 19.3 Å². The number of carbonyl (C=O) groups is 1. The van der Waals surface area contributed by atoms with Crippen LogP contribution in [0.5, 0.6) is 11.5 Å². The molecule has 3 N–H and O–H groups in total. The molecule has 5 aromatic rings. The average Bonchev–Trinajstić information content (AvgIpc) is 3.27. The van der Waals surface area contributed by atoms with Crippen molar-refractivity contribution in [3.05, 3.63) is 116 Å². The summed E-state index contributed by atoms with van der Waals surface area (Å²) in [4.78, 5) is 45.1. The van der Waals surface area contributed by atoms with Gasteiger partial charge in [0, 0.05) is 12.6 Å². The Balaban J connectivity index is 1.25. The van der Waals surface area contributed by atoms with Crippen LogP contribution in [0.2, 0.25) is 0 Å². The molecule has 226 valence electrons. The zero-order valence-electron chi connectivity index (χ0n) is 24.6. The third-order valence-electron chi connectivity index (χ3n) is 6.83. The van der Waals surface area contributed by atoms with Crippen molar-refractivity contribution in [2.75, 3.05) is 24.5 Å². The van der Waals surface area contributed by atoms with Crippen LogP contribution in [-0.4, -0.2) is 45.2 Å². The lowest BCUT2D eigenvalue weighted by atomic mass is 10.1. The molecular weight excluding hydrogens is 576 g/mol. The Kier molecular flexibility index (Phi) is 8.86. The van der Waals surface area contributed by atoms with Crippen molar-refractivity contribution in [3.63, 3.8) is 0 Å². The van der Waals surface area contributed by atoms with Crippen LogP contribution in [0, 0.1) is 18.3 Å². The molecule has 0 aliphatic carbocycles. The van der Waals surface area contributed by atoms with Gasteiger partial charge in [-0.15, -0.1) is 0 Å². The van der Waals surface area contributed by atoms with Crippen LogP contribution in [0.25, 0.3) is 16.9 Å². The SMILES string of the molecule is COc1cc(C=NNc2nc(-c3ccccc3)c(C#N)c(=O)[nH]2)ccc1OCC(=O)Nc1c(C)n(C)n(-c2ccccc2)c1=O. The number of H-pyrrole nitrogens is 1. The summed E-state index contributed by atoms with van der Waals surface area (Å²) < 4.78 is 14.3. The Bertz CT molecular complexity index is 2040. The normalized spacial score (nSPS) is 10.8. The molecule has 0 unspecified atom stereocenters. The molecular formula is C32H28N8O5. The Morgan fingerprint density at radius 1 is 1.07 bits per heavy atom. The van der Waals surface area contributed by atoms with E-state index >= 15 is 0 Å². The van der Waals surface area contributed by atoms with Gasteiger partial charge in [-0.25, -0.2) is 15.1 Å². The molecule has 2 heterocycles. The number of ether oxygens (including phenoxy) is 2. The van der Waals surface area contributed by atoms with Crippen LogP contribution in [0.15, 0.2) is 93.6 Å². The van der Waals surface area contributed by atoms with E-state index < -0.39 is 11.5 Å². The molecule has 3 aromatic carbocycles. The van der Waals surface area contributed by atoms with Gasteiger partial charge < -0.3 is 14.8 Å². The van der Waals surface area contributed by atoms with E-state index in [1.165, 1.54) is 18.0 Å². The zero-order chi connectivity index (χ0) is 31.9. The number of carbonyl (C=O) groups excluding carboxylic acids is 1. The number of rotatable bonds is 10. The monoisotopic (exact) mass is 604 g/mol. The topological polar surface area (TPSA) is 168 Å². The molecule has 0 radical (unpaired) electrons. The molecule has 0 aliphatic rings. The first kappa shape index (κ1) is 30.1. The number of nitrogens with zero attached hydrogens (tertiary/aromatic N) is 5. The van der Waals surface area contributed by atoms with E-state index in [-0.39, 0.29) is 35.1 Å². The zero-order valence-corrected chi connectivity index (χ0v) is 24.6. The second-order valence-corrected chi connectivity index (χ2v) is 9.67. The van der Waals surface area contributed by atoms with Gasteiger partial charge in [0.05, 0.1) is 30.4 Å². The van der Waals surface area contributed by atoms with Crippen molar-refractivity contribution in [3.8, 4) is 34.5 Å². The highest BCUT2D eigenvalue weighted by atomic mass is 16.5. The van der Waals surface area contributed by atoms with E-state index in [0.29, 0.717) is 34.0 Å². The second kappa shape index (κ2) is 13.3. The van der Waals surface area contributed by atoms with Crippen LogP contribution < -0.4 is 31.3 Å². The fourth-order valence-electron chi connectivity index (χ4n) is 4.52. The fourth-order valence-corrected chi connectivity index (χ4v) is 4.52. The van der Waals surface area contributed by atoms with Crippen LogP contribution >= 0.6 is 0 Å². The molecule has 0 atom stereocenters. The van der Waals surface area contributed by atoms with E-state index in [4.69, 9.17) is 9.47 Å². The van der Waals surface area contributed by atoms with Crippen molar-refractivity contribution in [2.24, 2.45) is 12.1 Å². The Morgan fingerprint density at radius 2 is 1.78 bits per heavy atom. The van der Waals surface area contributed by atoms with Gasteiger partial charge in [-0.1, -0.05) is 48.5 Å². The lowest BCUT2D eigenvalue weighted by molar-refractivity contribution is -0.118. The first-order chi connectivity index (χ1) is 21.8. The maximum atomic E-state index is 13.1. The van der Waals surface area contributed by atoms with Crippen molar-refractivity contribution >= 4 is 23.8 Å². The highest BCUT2D eigenvalue weighted by molar-refractivity contribution is 5.92. The predicted molar refractivity (Wildman–Crippen MR) is 169 cm³/mol. The third-order valence-corrected chi connectivity index (χ3v) is 6.83. The lowest BCUT2D eigenvalue weighted by Gasteiger charge is -2.11. The minimum absolute atomic E-state index is 0.0520. The highest BCUT2D eigenvalue weighted by Crippen LogP contribution is 2.28. The summed E-state index contributed by atoms with van der Waals surface area (Å²) in [7, 11) is 3.20. The molecule has 5 rings (SSSR count). The number of aromatic amines is 1. The van der Waals surface area contributed by atoms with Gasteiger partial charge in [-0.2, -0.15) is 10.4 Å². The molecule has 0 spiro atoms. The number of anilines is 2. The summed E-state index contributed by atoms with van der Waals surface area (Å²) in [6, 6.07) is 24.8. The number of amides is 1. The van der Waals surface area contributed by atoms with Crippen LogP contribution in [0.3, 0.4) is 0 Å². The number of para-hydroxylation sites is 1. The largest absolute Gasteiger partial charge is 0.493 e. The van der Waals surface area contributed by atoms with Crippen LogP contribution in [0.1, 0.15) is 16.8 Å². The molecule has 1 amide bonds. The number of methoxy groups -OCH3 is 1. The number of hydrazone groups is 1. The van der Waals surface area contributed by atoms with Gasteiger partial charge in [0.15, 0.2) is 18.1 Å².